The predicted octanol–water partition coefficient (Wildman–Crippen LogP) is 4.85. The number of para-hydroxylation sites is 1. The zero-order chi connectivity index (χ0) is 19.5. The molecule has 0 saturated carbocycles. The molecule has 1 N–H and O–H groups in total. The second-order valence-electron chi connectivity index (χ2n) is 5.83. The number of anilines is 1. The van der Waals surface area contributed by atoms with Crippen LogP contribution in [0.25, 0.3) is 0 Å². The molecule has 0 atom stereocenters. The highest BCUT2D eigenvalue weighted by atomic mass is 16.5. The Morgan fingerprint density at radius 2 is 1.78 bits per heavy atom. The van der Waals surface area contributed by atoms with E-state index in [0.29, 0.717) is 30.0 Å². The molecule has 0 aliphatic rings. The van der Waals surface area contributed by atoms with Gasteiger partial charge >= 0.3 is 5.97 Å². The monoisotopic (exact) mass is 367 g/mol. The number of hydrogen-bond acceptors (Lipinski definition) is 5. The van der Waals surface area contributed by atoms with Crippen molar-refractivity contribution in [2.24, 2.45) is 0 Å². The molecule has 0 bridgehead atoms. The molecule has 0 radical (unpaired) electrons. The third-order valence-corrected chi connectivity index (χ3v) is 3.80. The highest BCUT2D eigenvalue weighted by Crippen LogP contribution is 2.17. The van der Waals surface area contributed by atoms with Crippen molar-refractivity contribution in [1.29, 1.82) is 0 Å². The molecule has 2 aromatic carbocycles. The van der Waals surface area contributed by atoms with E-state index in [-0.39, 0.29) is 5.78 Å². The van der Waals surface area contributed by atoms with Crippen LogP contribution in [-0.4, -0.2) is 25.0 Å². The lowest BCUT2D eigenvalue weighted by atomic mass is 10.1. The first-order valence-electron chi connectivity index (χ1n) is 9.12. The molecule has 0 saturated heterocycles. The fourth-order valence-electron chi connectivity index (χ4n) is 2.35. The minimum absolute atomic E-state index is 0.142. The van der Waals surface area contributed by atoms with E-state index in [1.807, 2.05) is 0 Å². The van der Waals surface area contributed by atoms with Gasteiger partial charge in [-0.05, 0) is 49.7 Å². The van der Waals surface area contributed by atoms with Crippen LogP contribution in [0.2, 0.25) is 0 Å². The van der Waals surface area contributed by atoms with Gasteiger partial charge in [-0.1, -0.05) is 25.5 Å². The summed E-state index contributed by atoms with van der Waals surface area (Å²) in [5.41, 5.74) is 1.57. The van der Waals surface area contributed by atoms with Gasteiger partial charge in [0.05, 0.1) is 24.5 Å². The van der Waals surface area contributed by atoms with Crippen molar-refractivity contribution in [3.63, 3.8) is 0 Å². The van der Waals surface area contributed by atoms with Gasteiger partial charge in [-0.3, -0.25) is 4.79 Å². The number of nitrogens with one attached hydrogen (secondary N) is 1. The standard InChI is InChI=1S/C22H25NO4/c1-3-5-16-27-18-12-10-17(11-13-18)21(24)14-15-23-20-9-7-6-8-19(20)22(25)26-4-2/h6-15,23H,3-5,16H2,1-2H3/b15-14+. The summed E-state index contributed by atoms with van der Waals surface area (Å²) in [5, 5.41) is 2.97. The second-order valence-corrected chi connectivity index (χ2v) is 5.83. The maximum atomic E-state index is 12.3. The van der Waals surface area contributed by atoms with Gasteiger partial charge in [-0.15, -0.1) is 0 Å². The number of benzene rings is 2. The van der Waals surface area contributed by atoms with E-state index in [9.17, 15) is 9.59 Å². The Kier molecular flexibility index (Phi) is 8.10. The van der Waals surface area contributed by atoms with Crippen LogP contribution in [0.5, 0.6) is 5.75 Å². The van der Waals surface area contributed by atoms with Crippen molar-refractivity contribution >= 4 is 17.4 Å². The Morgan fingerprint density at radius 1 is 1.04 bits per heavy atom. The maximum absolute atomic E-state index is 12.3. The molecule has 142 valence electrons. The Hall–Kier alpha value is -3.08. The fourth-order valence-corrected chi connectivity index (χ4v) is 2.35. The molecular formula is C22H25NO4. The summed E-state index contributed by atoms with van der Waals surface area (Å²) in [6.45, 7) is 4.84. The lowest BCUT2D eigenvalue weighted by Crippen LogP contribution is -2.07. The lowest BCUT2D eigenvalue weighted by molar-refractivity contribution is 0.0527. The van der Waals surface area contributed by atoms with E-state index < -0.39 is 5.97 Å². The third kappa shape index (κ3) is 6.29. The molecule has 0 heterocycles. The van der Waals surface area contributed by atoms with E-state index in [1.165, 1.54) is 12.3 Å². The van der Waals surface area contributed by atoms with Crippen LogP contribution < -0.4 is 10.1 Å². The molecule has 2 rings (SSSR count). The van der Waals surface area contributed by atoms with Crippen LogP contribution in [0.1, 0.15) is 47.4 Å². The van der Waals surface area contributed by atoms with Crippen LogP contribution in [0.15, 0.2) is 60.8 Å². The minimum atomic E-state index is -0.404. The summed E-state index contributed by atoms with van der Waals surface area (Å²) in [6, 6.07) is 14.0. The number of ketones is 1. The smallest absolute Gasteiger partial charge is 0.340 e. The van der Waals surface area contributed by atoms with Gasteiger partial charge in [0.25, 0.3) is 0 Å². The molecule has 2 aromatic rings. The number of hydrogen-bond donors (Lipinski definition) is 1. The van der Waals surface area contributed by atoms with E-state index in [1.54, 1.807) is 55.5 Å². The molecule has 0 fully saturated rings. The molecule has 27 heavy (non-hydrogen) atoms. The molecule has 0 amide bonds. The van der Waals surface area contributed by atoms with E-state index in [0.717, 1.165) is 18.6 Å². The number of unbranched alkanes of at least 4 members (excludes halogenated alkanes) is 1. The Balaban J connectivity index is 1.96. The highest BCUT2D eigenvalue weighted by molar-refractivity contribution is 6.04. The van der Waals surface area contributed by atoms with Crippen molar-refractivity contribution in [1.82, 2.24) is 0 Å². The normalized spacial score (nSPS) is 10.6. The molecule has 0 spiro atoms. The first-order valence-corrected chi connectivity index (χ1v) is 9.12. The van der Waals surface area contributed by atoms with Crippen LogP contribution >= 0.6 is 0 Å². The van der Waals surface area contributed by atoms with Gasteiger partial charge in [-0.2, -0.15) is 0 Å². The average Bonchev–Trinajstić information content (AvgIpc) is 2.69. The van der Waals surface area contributed by atoms with Gasteiger partial charge < -0.3 is 14.8 Å². The largest absolute Gasteiger partial charge is 0.494 e. The number of carbonyl (C=O) groups is 2. The molecule has 5 nitrogen and oxygen atoms in total. The van der Waals surface area contributed by atoms with Crippen LogP contribution in [0, 0.1) is 0 Å². The molecule has 0 unspecified atom stereocenters. The number of ether oxygens (including phenoxy) is 2. The minimum Gasteiger partial charge on any atom is -0.494 e. The van der Waals surface area contributed by atoms with Crippen molar-refractivity contribution in [3.8, 4) is 5.75 Å². The van der Waals surface area contributed by atoms with Crippen molar-refractivity contribution in [2.75, 3.05) is 18.5 Å². The predicted molar refractivity (Wildman–Crippen MR) is 106 cm³/mol. The van der Waals surface area contributed by atoms with Crippen molar-refractivity contribution in [3.05, 3.63) is 71.9 Å². The molecule has 0 aromatic heterocycles. The summed E-state index contributed by atoms with van der Waals surface area (Å²) in [7, 11) is 0. The summed E-state index contributed by atoms with van der Waals surface area (Å²) in [6.07, 6.45) is 5.02. The van der Waals surface area contributed by atoms with Gasteiger partial charge in [-0.25, -0.2) is 4.79 Å². The zero-order valence-electron chi connectivity index (χ0n) is 15.7. The Bertz CT molecular complexity index is 781. The van der Waals surface area contributed by atoms with E-state index in [4.69, 9.17) is 9.47 Å². The summed E-state index contributed by atoms with van der Waals surface area (Å²) < 4.78 is 10.6. The maximum Gasteiger partial charge on any atom is 0.340 e. The van der Waals surface area contributed by atoms with E-state index >= 15 is 0 Å². The van der Waals surface area contributed by atoms with Crippen molar-refractivity contribution in [2.45, 2.75) is 26.7 Å². The van der Waals surface area contributed by atoms with Gasteiger partial charge in [0.2, 0.25) is 0 Å². The van der Waals surface area contributed by atoms with Gasteiger partial charge in [0, 0.05) is 17.8 Å². The molecule has 0 aliphatic heterocycles. The van der Waals surface area contributed by atoms with Crippen LogP contribution in [-0.2, 0) is 4.74 Å². The number of carbonyl (C=O) groups excluding carboxylic acids is 2. The molecular weight excluding hydrogens is 342 g/mol. The summed E-state index contributed by atoms with van der Waals surface area (Å²) in [4.78, 5) is 24.2. The quantitative estimate of drug-likeness (QED) is 0.281. The number of esters is 1. The lowest BCUT2D eigenvalue weighted by Gasteiger charge is -2.08. The van der Waals surface area contributed by atoms with Crippen LogP contribution in [0.4, 0.5) is 5.69 Å². The zero-order valence-corrected chi connectivity index (χ0v) is 15.7. The average molecular weight is 367 g/mol. The summed E-state index contributed by atoms with van der Waals surface area (Å²) in [5.74, 6) is 0.209. The topological polar surface area (TPSA) is 64.6 Å². The molecule has 0 aliphatic carbocycles. The number of allylic oxidation sites excluding steroid dienone is 1. The second kappa shape index (κ2) is 10.8. The molecule has 5 heteroatoms. The van der Waals surface area contributed by atoms with Crippen LogP contribution in [0.3, 0.4) is 0 Å². The van der Waals surface area contributed by atoms with Gasteiger partial charge in [0.15, 0.2) is 5.78 Å². The van der Waals surface area contributed by atoms with Gasteiger partial charge in [0.1, 0.15) is 5.75 Å². The Labute approximate surface area is 160 Å². The SMILES string of the molecule is CCCCOc1ccc(C(=O)/C=C/Nc2ccccc2C(=O)OCC)cc1. The third-order valence-electron chi connectivity index (χ3n) is 3.80. The highest BCUT2D eigenvalue weighted by Gasteiger charge is 2.10. The fraction of sp³-hybridized carbons (Fsp3) is 0.273. The Morgan fingerprint density at radius 3 is 2.48 bits per heavy atom. The summed E-state index contributed by atoms with van der Waals surface area (Å²) >= 11 is 0. The first-order chi connectivity index (χ1) is 13.2. The first kappa shape index (κ1) is 20.2. The van der Waals surface area contributed by atoms with E-state index in [2.05, 4.69) is 12.2 Å². The van der Waals surface area contributed by atoms with Crippen molar-refractivity contribution < 1.29 is 19.1 Å². The number of rotatable bonds is 10.